The number of anilines is 2. The van der Waals surface area contributed by atoms with E-state index >= 15 is 0 Å². The standard InChI is InChI=1S/C18H25ClN2O2/c1-13(22)20-17-11-10-15(12-16(17)19)21-18(23)9-5-8-14-6-3-2-4-7-14/h10-12,14H,2-9H2,1H3,(H,20,22)(H,21,23). The molecule has 1 fully saturated rings. The molecular weight excluding hydrogens is 312 g/mol. The highest BCUT2D eigenvalue weighted by molar-refractivity contribution is 6.34. The Morgan fingerprint density at radius 1 is 1.17 bits per heavy atom. The number of halogens is 1. The monoisotopic (exact) mass is 336 g/mol. The lowest BCUT2D eigenvalue weighted by Gasteiger charge is -2.21. The van der Waals surface area contributed by atoms with Gasteiger partial charge in [-0.1, -0.05) is 43.7 Å². The lowest BCUT2D eigenvalue weighted by Crippen LogP contribution is -2.13. The molecule has 2 N–H and O–H groups in total. The summed E-state index contributed by atoms with van der Waals surface area (Å²) in [6, 6.07) is 5.10. The number of amides is 2. The fraction of sp³-hybridized carbons (Fsp3) is 0.556. The van der Waals surface area contributed by atoms with Gasteiger partial charge in [0.05, 0.1) is 10.7 Å². The minimum absolute atomic E-state index is 0.0177. The molecule has 4 nitrogen and oxygen atoms in total. The van der Waals surface area contributed by atoms with Crippen LogP contribution in [0, 0.1) is 5.92 Å². The smallest absolute Gasteiger partial charge is 0.224 e. The molecule has 126 valence electrons. The molecule has 1 aromatic rings. The molecule has 2 amide bonds. The van der Waals surface area contributed by atoms with E-state index in [0.717, 1.165) is 18.8 Å². The lowest BCUT2D eigenvalue weighted by atomic mass is 9.86. The Morgan fingerprint density at radius 2 is 1.91 bits per heavy atom. The zero-order valence-electron chi connectivity index (χ0n) is 13.7. The van der Waals surface area contributed by atoms with Crippen molar-refractivity contribution in [1.82, 2.24) is 0 Å². The van der Waals surface area contributed by atoms with E-state index in [9.17, 15) is 9.59 Å². The van der Waals surface area contributed by atoms with E-state index in [-0.39, 0.29) is 11.8 Å². The SMILES string of the molecule is CC(=O)Nc1ccc(NC(=O)CCCC2CCCCC2)cc1Cl. The van der Waals surface area contributed by atoms with Crippen LogP contribution in [0.1, 0.15) is 58.3 Å². The van der Waals surface area contributed by atoms with Crippen molar-refractivity contribution < 1.29 is 9.59 Å². The molecule has 0 spiro atoms. The van der Waals surface area contributed by atoms with Crippen molar-refractivity contribution >= 4 is 34.8 Å². The van der Waals surface area contributed by atoms with Gasteiger partial charge in [-0.15, -0.1) is 0 Å². The number of nitrogens with one attached hydrogen (secondary N) is 2. The summed E-state index contributed by atoms with van der Waals surface area (Å²) in [7, 11) is 0. The molecule has 2 rings (SSSR count). The summed E-state index contributed by atoms with van der Waals surface area (Å²) in [5, 5.41) is 5.92. The molecule has 0 bridgehead atoms. The average molecular weight is 337 g/mol. The molecule has 23 heavy (non-hydrogen) atoms. The van der Waals surface area contributed by atoms with Crippen LogP contribution in [0.2, 0.25) is 5.02 Å². The first-order valence-corrected chi connectivity index (χ1v) is 8.79. The van der Waals surface area contributed by atoms with Crippen LogP contribution < -0.4 is 10.6 Å². The highest BCUT2D eigenvalue weighted by Gasteiger charge is 2.13. The van der Waals surface area contributed by atoms with Crippen molar-refractivity contribution in [2.75, 3.05) is 10.6 Å². The van der Waals surface area contributed by atoms with Crippen LogP contribution in [0.25, 0.3) is 0 Å². The van der Waals surface area contributed by atoms with Crippen molar-refractivity contribution in [2.45, 2.75) is 58.3 Å². The summed E-state index contributed by atoms with van der Waals surface area (Å²) in [4.78, 5) is 23.0. The van der Waals surface area contributed by atoms with Gasteiger partial charge in [0.25, 0.3) is 0 Å². The predicted molar refractivity (Wildman–Crippen MR) is 94.8 cm³/mol. The van der Waals surface area contributed by atoms with Crippen LogP contribution in [-0.2, 0) is 9.59 Å². The number of hydrogen-bond donors (Lipinski definition) is 2. The molecule has 0 aromatic heterocycles. The Hall–Kier alpha value is -1.55. The summed E-state index contributed by atoms with van der Waals surface area (Å²) in [6.07, 6.45) is 9.33. The second-order valence-electron chi connectivity index (χ2n) is 6.32. The van der Waals surface area contributed by atoms with E-state index in [2.05, 4.69) is 10.6 Å². The van der Waals surface area contributed by atoms with E-state index in [4.69, 9.17) is 11.6 Å². The largest absolute Gasteiger partial charge is 0.326 e. The number of hydrogen-bond acceptors (Lipinski definition) is 2. The number of carbonyl (C=O) groups is 2. The number of benzene rings is 1. The van der Waals surface area contributed by atoms with E-state index < -0.39 is 0 Å². The van der Waals surface area contributed by atoms with Crippen LogP contribution in [0.3, 0.4) is 0 Å². The molecule has 0 radical (unpaired) electrons. The second-order valence-corrected chi connectivity index (χ2v) is 6.73. The summed E-state index contributed by atoms with van der Waals surface area (Å²) in [5.41, 5.74) is 1.21. The first kappa shape index (κ1) is 17.8. The quantitative estimate of drug-likeness (QED) is 0.769. The zero-order valence-corrected chi connectivity index (χ0v) is 14.4. The highest BCUT2D eigenvalue weighted by Crippen LogP contribution is 2.28. The van der Waals surface area contributed by atoms with Gasteiger partial charge in [0.2, 0.25) is 11.8 Å². The molecular formula is C18H25ClN2O2. The van der Waals surface area contributed by atoms with Gasteiger partial charge in [-0.25, -0.2) is 0 Å². The average Bonchev–Trinajstić information content (AvgIpc) is 2.51. The van der Waals surface area contributed by atoms with Gasteiger partial charge in [0.1, 0.15) is 0 Å². The minimum atomic E-state index is -0.175. The van der Waals surface area contributed by atoms with E-state index in [1.54, 1.807) is 18.2 Å². The second kappa shape index (κ2) is 8.92. The predicted octanol–water partition coefficient (Wildman–Crippen LogP) is 4.99. The number of rotatable bonds is 6. The summed E-state index contributed by atoms with van der Waals surface area (Å²) >= 11 is 6.10. The topological polar surface area (TPSA) is 58.2 Å². The van der Waals surface area contributed by atoms with Gasteiger partial charge in [0, 0.05) is 19.0 Å². The fourth-order valence-electron chi connectivity index (χ4n) is 3.13. The fourth-order valence-corrected chi connectivity index (χ4v) is 3.36. The van der Waals surface area contributed by atoms with Crippen LogP contribution >= 0.6 is 11.6 Å². The van der Waals surface area contributed by atoms with Crippen molar-refractivity contribution in [3.8, 4) is 0 Å². The summed E-state index contributed by atoms with van der Waals surface area (Å²) in [6.45, 7) is 1.43. The van der Waals surface area contributed by atoms with Crippen molar-refractivity contribution in [3.05, 3.63) is 23.2 Å². The van der Waals surface area contributed by atoms with Gasteiger partial charge in [-0.3, -0.25) is 9.59 Å². The molecule has 0 aliphatic heterocycles. The molecule has 0 heterocycles. The first-order valence-electron chi connectivity index (χ1n) is 8.41. The molecule has 5 heteroatoms. The third-order valence-corrected chi connectivity index (χ3v) is 4.62. The molecule has 1 aliphatic rings. The zero-order chi connectivity index (χ0) is 16.7. The van der Waals surface area contributed by atoms with Crippen LogP contribution in [0.4, 0.5) is 11.4 Å². The van der Waals surface area contributed by atoms with Gasteiger partial charge in [-0.2, -0.15) is 0 Å². The van der Waals surface area contributed by atoms with Crippen LogP contribution in [0.5, 0.6) is 0 Å². The van der Waals surface area contributed by atoms with Gasteiger partial charge in [-0.05, 0) is 37.0 Å². The minimum Gasteiger partial charge on any atom is -0.326 e. The van der Waals surface area contributed by atoms with Gasteiger partial charge < -0.3 is 10.6 Å². The van der Waals surface area contributed by atoms with E-state index in [1.807, 2.05) is 0 Å². The van der Waals surface area contributed by atoms with Crippen LogP contribution in [-0.4, -0.2) is 11.8 Å². The highest BCUT2D eigenvalue weighted by atomic mass is 35.5. The van der Waals surface area contributed by atoms with Gasteiger partial charge >= 0.3 is 0 Å². The maximum atomic E-state index is 12.0. The third-order valence-electron chi connectivity index (χ3n) is 4.30. The van der Waals surface area contributed by atoms with E-state index in [1.165, 1.54) is 39.0 Å². The van der Waals surface area contributed by atoms with Crippen LogP contribution in [0.15, 0.2) is 18.2 Å². The van der Waals surface area contributed by atoms with Crippen molar-refractivity contribution in [1.29, 1.82) is 0 Å². The maximum absolute atomic E-state index is 12.0. The molecule has 0 unspecified atom stereocenters. The number of carbonyl (C=O) groups excluding carboxylic acids is 2. The Morgan fingerprint density at radius 3 is 2.57 bits per heavy atom. The lowest BCUT2D eigenvalue weighted by molar-refractivity contribution is -0.116. The Labute approximate surface area is 143 Å². The van der Waals surface area contributed by atoms with Gasteiger partial charge in [0.15, 0.2) is 0 Å². The molecule has 0 saturated heterocycles. The third kappa shape index (κ3) is 6.22. The van der Waals surface area contributed by atoms with E-state index in [0.29, 0.717) is 22.8 Å². The first-order chi connectivity index (χ1) is 11.0. The summed E-state index contributed by atoms with van der Waals surface area (Å²) in [5.74, 6) is 0.651. The molecule has 0 atom stereocenters. The Bertz CT molecular complexity index is 554. The van der Waals surface area contributed by atoms with Crippen molar-refractivity contribution in [3.63, 3.8) is 0 Å². The summed E-state index contributed by atoms with van der Waals surface area (Å²) < 4.78 is 0. The Balaban J connectivity index is 1.76. The normalized spacial score (nSPS) is 15.2. The maximum Gasteiger partial charge on any atom is 0.224 e. The van der Waals surface area contributed by atoms with Crippen molar-refractivity contribution in [2.24, 2.45) is 5.92 Å². The molecule has 1 aromatic carbocycles. The molecule has 1 aliphatic carbocycles. The molecule has 1 saturated carbocycles. The Kier molecular flexibility index (Phi) is 6.90.